The molecule has 0 aliphatic rings. The first-order valence-corrected chi connectivity index (χ1v) is 6.01. The summed E-state index contributed by atoms with van der Waals surface area (Å²) in [6.07, 6.45) is 0. The maximum Gasteiger partial charge on any atom is 0.317 e. The number of nitrogen functional groups attached to an aromatic ring is 1. The molecule has 2 rings (SSSR count). The Morgan fingerprint density at radius 1 is 1.09 bits per heavy atom. The van der Waals surface area contributed by atoms with Gasteiger partial charge in [-0.3, -0.25) is 26.1 Å². The second-order valence-corrected chi connectivity index (χ2v) is 4.15. The van der Waals surface area contributed by atoms with Gasteiger partial charge < -0.3 is 10.5 Å². The van der Waals surface area contributed by atoms with Gasteiger partial charge in [0.05, 0.1) is 15.9 Å². The number of rotatable bonds is 3. The van der Waals surface area contributed by atoms with Crippen LogP contribution >= 0.6 is 0 Å². The summed E-state index contributed by atoms with van der Waals surface area (Å²) >= 11 is 0. The third-order valence-electron chi connectivity index (χ3n) is 2.61. The number of hydrogen-bond donors (Lipinski definition) is 3. The quantitative estimate of drug-likeness (QED) is 0.448. The zero-order chi connectivity index (χ0) is 16.7. The standard InChI is InChI=1S/C7H6N2O5.C6H8N2/c1-4-2-5(8(11)12)3-6(7(4)10)9(13)14;7-8-6-4-2-1-3-5-6/h2-3,10H,1H3;1-5,8H,7H2. The molecule has 0 fully saturated rings. The smallest absolute Gasteiger partial charge is 0.317 e. The molecule has 22 heavy (non-hydrogen) atoms. The lowest BCUT2D eigenvalue weighted by molar-refractivity contribution is -0.394. The molecule has 116 valence electrons. The molecule has 0 unspecified atom stereocenters. The van der Waals surface area contributed by atoms with Crippen molar-refractivity contribution < 1.29 is 15.0 Å². The first-order valence-electron chi connectivity index (χ1n) is 6.01. The van der Waals surface area contributed by atoms with E-state index < -0.39 is 27.0 Å². The molecule has 0 aliphatic carbocycles. The first-order chi connectivity index (χ1) is 10.4. The molecule has 0 amide bonds. The fraction of sp³-hybridized carbons (Fsp3) is 0.0769. The van der Waals surface area contributed by atoms with E-state index in [0.29, 0.717) is 0 Å². The second-order valence-electron chi connectivity index (χ2n) is 4.15. The van der Waals surface area contributed by atoms with E-state index in [0.717, 1.165) is 17.8 Å². The van der Waals surface area contributed by atoms with Crippen molar-refractivity contribution in [3.63, 3.8) is 0 Å². The van der Waals surface area contributed by atoms with E-state index in [1.54, 1.807) is 0 Å². The van der Waals surface area contributed by atoms with Crippen LogP contribution in [0.1, 0.15) is 5.56 Å². The minimum Gasteiger partial charge on any atom is -0.502 e. The van der Waals surface area contributed by atoms with Crippen LogP contribution in [0.3, 0.4) is 0 Å². The summed E-state index contributed by atoms with van der Waals surface area (Å²) < 4.78 is 0. The van der Waals surface area contributed by atoms with E-state index in [1.165, 1.54) is 6.92 Å². The number of nitro benzene ring substituents is 2. The van der Waals surface area contributed by atoms with Gasteiger partial charge >= 0.3 is 5.69 Å². The largest absolute Gasteiger partial charge is 0.502 e. The van der Waals surface area contributed by atoms with E-state index in [1.807, 2.05) is 30.3 Å². The van der Waals surface area contributed by atoms with Crippen LogP contribution in [-0.4, -0.2) is 15.0 Å². The highest BCUT2D eigenvalue weighted by molar-refractivity contribution is 5.57. The van der Waals surface area contributed by atoms with Gasteiger partial charge in [-0.2, -0.15) is 0 Å². The summed E-state index contributed by atoms with van der Waals surface area (Å²) in [7, 11) is 0. The third-order valence-corrected chi connectivity index (χ3v) is 2.61. The van der Waals surface area contributed by atoms with Gasteiger partial charge in [0.25, 0.3) is 5.69 Å². The fourth-order valence-corrected chi connectivity index (χ4v) is 1.52. The van der Waals surface area contributed by atoms with Gasteiger partial charge in [0, 0.05) is 17.3 Å². The van der Waals surface area contributed by atoms with Gasteiger partial charge in [0.1, 0.15) is 0 Å². The number of hydrazine groups is 1. The number of phenols is 1. The van der Waals surface area contributed by atoms with E-state index in [9.17, 15) is 25.3 Å². The number of nitrogens with zero attached hydrogens (tertiary/aromatic N) is 2. The molecule has 2 aromatic carbocycles. The molecule has 9 heteroatoms. The normalized spacial score (nSPS) is 9.36. The molecule has 0 saturated heterocycles. The predicted molar refractivity (Wildman–Crippen MR) is 80.4 cm³/mol. The minimum absolute atomic E-state index is 0.103. The molecule has 0 heterocycles. The van der Waals surface area contributed by atoms with Crippen LogP contribution in [0.4, 0.5) is 17.1 Å². The third kappa shape index (κ3) is 4.42. The average Bonchev–Trinajstić information content (AvgIpc) is 2.50. The SMILES string of the molecule is Cc1cc([N+](=O)[O-])cc([N+](=O)[O-])c1O.NNc1ccccc1. The highest BCUT2D eigenvalue weighted by atomic mass is 16.6. The van der Waals surface area contributed by atoms with Crippen LogP contribution in [0.2, 0.25) is 0 Å². The second kappa shape index (κ2) is 7.55. The predicted octanol–water partition coefficient (Wildman–Crippen LogP) is 2.49. The van der Waals surface area contributed by atoms with Crippen LogP contribution < -0.4 is 11.3 Å². The lowest BCUT2D eigenvalue weighted by atomic mass is 10.1. The topological polar surface area (TPSA) is 145 Å². The Morgan fingerprint density at radius 2 is 1.68 bits per heavy atom. The molecule has 2 aromatic rings. The number of aromatic hydroxyl groups is 1. The summed E-state index contributed by atoms with van der Waals surface area (Å²) in [4.78, 5) is 19.1. The number of anilines is 1. The Morgan fingerprint density at radius 3 is 2.09 bits per heavy atom. The molecular weight excluding hydrogens is 292 g/mol. The number of phenolic OH excluding ortho intramolecular Hbond substituents is 1. The van der Waals surface area contributed by atoms with Crippen LogP contribution in [0.25, 0.3) is 0 Å². The Kier molecular flexibility index (Phi) is 5.78. The molecule has 0 saturated carbocycles. The van der Waals surface area contributed by atoms with Crippen molar-refractivity contribution in [2.75, 3.05) is 5.43 Å². The minimum atomic E-state index is -0.866. The number of nitro groups is 2. The van der Waals surface area contributed by atoms with Crippen molar-refractivity contribution in [2.45, 2.75) is 6.92 Å². The van der Waals surface area contributed by atoms with E-state index in [4.69, 9.17) is 5.84 Å². The molecule has 9 nitrogen and oxygen atoms in total. The van der Waals surface area contributed by atoms with Crippen LogP contribution in [0.5, 0.6) is 5.75 Å². The lowest BCUT2D eigenvalue weighted by Crippen LogP contribution is -2.05. The van der Waals surface area contributed by atoms with Gasteiger partial charge in [-0.25, -0.2) is 0 Å². The van der Waals surface area contributed by atoms with Crippen molar-refractivity contribution in [1.29, 1.82) is 0 Å². The number of nitrogens with one attached hydrogen (secondary N) is 1. The Balaban J connectivity index is 0.000000255. The highest BCUT2D eigenvalue weighted by Crippen LogP contribution is 2.33. The van der Waals surface area contributed by atoms with Crippen LogP contribution in [0.15, 0.2) is 42.5 Å². The molecule has 0 radical (unpaired) electrons. The molecular formula is C13H14N4O5. The summed E-state index contributed by atoms with van der Waals surface area (Å²) in [5, 5.41) is 29.9. The number of nitrogens with two attached hydrogens (primary N) is 1. The number of benzene rings is 2. The van der Waals surface area contributed by atoms with Gasteiger partial charge in [0.2, 0.25) is 0 Å². The Labute approximate surface area is 125 Å². The molecule has 0 atom stereocenters. The van der Waals surface area contributed by atoms with Crippen molar-refractivity contribution in [2.24, 2.45) is 5.84 Å². The number of non-ortho nitro benzene ring substituents is 1. The van der Waals surface area contributed by atoms with Gasteiger partial charge in [0.15, 0.2) is 5.75 Å². The lowest BCUT2D eigenvalue weighted by Gasteiger charge is -1.99. The van der Waals surface area contributed by atoms with Crippen molar-refractivity contribution in [3.8, 4) is 5.75 Å². The van der Waals surface area contributed by atoms with Gasteiger partial charge in [-0.05, 0) is 19.1 Å². The van der Waals surface area contributed by atoms with Crippen LogP contribution in [0, 0.1) is 27.2 Å². The monoisotopic (exact) mass is 306 g/mol. The maximum atomic E-state index is 10.4. The maximum absolute atomic E-state index is 10.4. The fourth-order valence-electron chi connectivity index (χ4n) is 1.52. The average molecular weight is 306 g/mol. The highest BCUT2D eigenvalue weighted by Gasteiger charge is 2.21. The van der Waals surface area contributed by atoms with Crippen molar-refractivity contribution in [3.05, 3.63) is 68.3 Å². The summed E-state index contributed by atoms with van der Waals surface area (Å²) in [5.74, 6) is 4.56. The van der Waals surface area contributed by atoms with Crippen molar-refractivity contribution >= 4 is 17.1 Å². The number of aryl methyl sites for hydroxylation is 1. The molecule has 0 spiro atoms. The zero-order valence-electron chi connectivity index (χ0n) is 11.6. The summed E-state index contributed by atoms with van der Waals surface area (Å²) in [5.41, 5.74) is 2.50. The van der Waals surface area contributed by atoms with Crippen molar-refractivity contribution in [1.82, 2.24) is 0 Å². The van der Waals surface area contributed by atoms with Gasteiger partial charge in [-0.1, -0.05) is 18.2 Å². The zero-order valence-corrected chi connectivity index (χ0v) is 11.6. The number of para-hydroxylation sites is 1. The van der Waals surface area contributed by atoms with Crippen LogP contribution in [-0.2, 0) is 0 Å². The van der Waals surface area contributed by atoms with Gasteiger partial charge in [-0.15, -0.1) is 0 Å². The Bertz CT molecular complexity index is 676. The molecule has 0 aliphatic heterocycles. The first kappa shape index (κ1) is 16.9. The van der Waals surface area contributed by atoms with E-state index in [2.05, 4.69) is 5.43 Å². The van der Waals surface area contributed by atoms with E-state index in [-0.39, 0.29) is 5.56 Å². The summed E-state index contributed by atoms with van der Waals surface area (Å²) in [6.45, 7) is 1.36. The summed E-state index contributed by atoms with van der Waals surface area (Å²) in [6, 6.07) is 11.4. The number of hydrogen-bond acceptors (Lipinski definition) is 7. The van der Waals surface area contributed by atoms with E-state index >= 15 is 0 Å². The molecule has 4 N–H and O–H groups in total. The Hall–Kier alpha value is -3.20. The molecule has 0 bridgehead atoms. The molecule has 0 aromatic heterocycles.